The minimum absolute atomic E-state index is 0.768. The summed E-state index contributed by atoms with van der Waals surface area (Å²) in [5, 5.41) is 0. The van der Waals surface area contributed by atoms with Crippen LogP contribution in [0.25, 0.3) is 0 Å². The minimum Gasteiger partial charge on any atom is -0.367 e. The normalized spacial score (nSPS) is 9.75. The summed E-state index contributed by atoms with van der Waals surface area (Å²) < 4.78 is 15.0. The Morgan fingerprint density at radius 2 is 1.62 bits per heavy atom. The molecule has 76 valence electrons. The summed E-state index contributed by atoms with van der Waals surface area (Å²) in [4.78, 5) is 8.82. The first-order valence-electron chi connectivity index (χ1n) is 3.72. The second kappa shape index (κ2) is 7.89. The third kappa shape index (κ3) is 8.14. The van der Waals surface area contributed by atoms with Crippen LogP contribution in [-0.4, -0.2) is 4.89 Å². The van der Waals surface area contributed by atoms with Gasteiger partial charge in [0.15, 0.2) is 0 Å². The lowest BCUT2D eigenvalue weighted by Crippen LogP contribution is -1.75. The molecule has 0 fully saturated rings. The van der Waals surface area contributed by atoms with E-state index in [1.165, 1.54) is 0 Å². The molecule has 0 spiro atoms. The van der Waals surface area contributed by atoms with Gasteiger partial charge in [0.1, 0.15) is 6.11 Å². The fourth-order valence-corrected chi connectivity index (χ4v) is 0.594. The third-order valence-electron chi connectivity index (χ3n) is 0.905. The Bertz CT molecular complexity index is 592. The van der Waals surface area contributed by atoms with Crippen LogP contribution in [0.4, 0.5) is 0 Å². The van der Waals surface area contributed by atoms with E-state index in [1.54, 1.807) is 0 Å². The van der Waals surface area contributed by atoms with Gasteiger partial charge in [-0.1, -0.05) is 6.58 Å². The smallest absolute Gasteiger partial charge is 0.367 e. The van der Waals surface area contributed by atoms with E-state index in [2.05, 4.69) is 58.5 Å². The predicted octanol–water partition coefficient (Wildman–Crippen LogP) is 0.936. The summed E-state index contributed by atoms with van der Waals surface area (Å²) in [7, 11) is -3.80. The lowest BCUT2D eigenvalue weighted by molar-refractivity contribution is 0.375. The van der Waals surface area contributed by atoms with Crippen LogP contribution in [0.3, 0.4) is 0 Å². The summed E-state index contributed by atoms with van der Waals surface area (Å²) in [5.74, 6) is 18.9. The highest BCUT2D eigenvalue weighted by Gasteiger charge is 2.11. The van der Waals surface area contributed by atoms with E-state index in [1.807, 2.05) is 6.11 Å². The van der Waals surface area contributed by atoms with Gasteiger partial charge in [-0.15, -0.1) is 6.42 Å². The molecule has 0 saturated carbocycles. The molecular formula is C12H5O3P. The van der Waals surface area contributed by atoms with Gasteiger partial charge in [-0.3, -0.25) is 0 Å². The standard InChI is InChI=1S/C12H5O3P/c1-3-5-6-7-8-9-10-11-12-15-16(13,14)4-2/h1,4H,2H2,(H,13,14). The van der Waals surface area contributed by atoms with Crippen molar-refractivity contribution in [3.63, 3.8) is 0 Å². The Kier molecular flexibility index (Phi) is 6.67. The second-order valence-corrected chi connectivity index (χ2v) is 3.64. The molecule has 0 aromatic rings. The van der Waals surface area contributed by atoms with Gasteiger partial charge in [0.05, 0.1) is 0 Å². The molecule has 0 rings (SSSR count). The average Bonchev–Trinajstić information content (AvgIpc) is 2.27. The maximum Gasteiger partial charge on any atom is 0.408 e. The second-order valence-electron chi connectivity index (χ2n) is 1.96. The van der Waals surface area contributed by atoms with E-state index in [9.17, 15) is 4.57 Å². The third-order valence-corrected chi connectivity index (χ3v) is 1.72. The van der Waals surface area contributed by atoms with Crippen molar-refractivity contribution in [1.29, 1.82) is 0 Å². The van der Waals surface area contributed by atoms with E-state index < -0.39 is 7.60 Å². The highest BCUT2D eigenvalue weighted by atomic mass is 31.2. The van der Waals surface area contributed by atoms with Crippen molar-refractivity contribution < 1.29 is 14.0 Å². The first-order valence-corrected chi connectivity index (χ1v) is 5.37. The number of hydrogen-bond donors (Lipinski definition) is 1. The highest BCUT2D eigenvalue weighted by molar-refractivity contribution is 7.56. The molecule has 0 aliphatic rings. The topological polar surface area (TPSA) is 46.5 Å². The van der Waals surface area contributed by atoms with Crippen molar-refractivity contribution in [2.24, 2.45) is 0 Å². The Morgan fingerprint density at radius 3 is 2.12 bits per heavy atom. The maximum absolute atomic E-state index is 10.8. The van der Waals surface area contributed by atoms with E-state index in [0.717, 1.165) is 5.82 Å². The van der Waals surface area contributed by atoms with Crippen LogP contribution in [0.15, 0.2) is 12.4 Å². The van der Waals surface area contributed by atoms with Crippen LogP contribution in [0.5, 0.6) is 0 Å². The fourth-order valence-electron chi connectivity index (χ4n) is 0.343. The van der Waals surface area contributed by atoms with Crippen molar-refractivity contribution >= 4 is 7.60 Å². The van der Waals surface area contributed by atoms with Gasteiger partial charge in [0.25, 0.3) is 0 Å². The van der Waals surface area contributed by atoms with Gasteiger partial charge < -0.3 is 9.42 Å². The average molecular weight is 228 g/mol. The molecule has 3 nitrogen and oxygen atoms in total. The van der Waals surface area contributed by atoms with Gasteiger partial charge in [-0.2, -0.15) is 0 Å². The van der Waals surface area contributed by atoms with Crippen LogP contribution < -0.4 is 0 Å². The first-order chi connectivity index (χ1) is 7.62. The molecule has 1 atom stereocenters. The number of rotatable bonds is 2. The van der Waals surface area contributed by atoms with Crippen molar-refractivity contribution in [1.82, 2.24) is 0 Å². The van der Waals surface area contributed by atoms with Gasteiger partial charge in [0.2, 0.25) is 0 Å². The lowest BCUT2D eigenvalue weighted by Gasteiger charge is -1.98. The molecule has 0 aliphatic heterocycles. The molecule has 0 aromatic carbocycles. The summed E-state index contributed by atoms with van der Waals surface area (Å²) >= 11 is 0. The van der Waals surface area contributed by atoms with E-state index in [-0.39, 0.29) is 0 Å². The first kappa shape index (κ1) is 13.5. The zero-order valence-corrected chi connectivity index (χ0v) is 8.97. The van der Waals surface area contributed by atoms with Crippen LogP contribution in [0.2, 0.25) is 0 Å². The maximum atomic E-state index is 10.8. The SMILES string of the molecule is C#CC#CC#CC#CC#COP(=O)(O)C=C. The van der Waals surface area contributed by atoms with E-state index >= 15 is 0 Å². The van der Waals surface area contributed by atoms with E-state index in [4.69, 9.17) is 11.3 Å². The molecule has 16 heavy (non-hydrogen) atoms. The summed E-state index contributed by atoms with van der Waals surface area (Å²) in [6, 6.07) is 0. The Labute approximate surface area is 94.4 Å². The minimum atomic E-state index is -3.80. The molecule has 0 aromatic heterocycles. The summed E-state index contributed by atoms with van der Waals surface area (Å²) in [6.07, 6.45) is 6.77. The fraction of sp³-hybridized carbons (Fsp3) is 0. The highest BCUT2D eigenvalue weighted by Crippen LogP contribution is 2.41. The number of terminal acetylenes is 1. The van der Waals surface area contributed by atoms with Crippen LogP contribution in [-0.2, 0) is 9.09 Å². The molecule has 1 N–H and O–H groups in total. The van der Waals surface area contributed by atoms with Crippen LogP contribution in [0, 0.1) is 59.9 Å². The van der Waals surface area contributed by atoms with Crippen molar-refractivity contribution in [2.45, 2.75) is 0 Å². The Hall–Kier alpha value is -2.47. The lowest BCUT2D eigenvalue weighted by atomic mass is 10.5. The Balaban J connectivity index is 4.27. The predicted molar refractivity (Wildman–Crippen MR) is 61.0 cm³/mol. The van der Waals surface area contributed by atoms with Gasteiger partial charge >= 0.3 is 7.60 Å². The largest absolute Gasteiger partial charge is 0.408 e. The summed E-state index contributed by atoms with van der Waals surface area (Å²) in [6.45, 7) is 3.09. The van der Waals surface area contributed by atoms with Gasteiger partial charge in [0, 0.05) is 29.5 Å². The van der Waals surface area contributed by atoms with Crippen molar-refractivity contribution in [2.75, 3.05) is 0 Å². The van der Waals surface area contributed by atoms with Crippen LogP contribution in [0.1, 0.15) is 0 Å². The molecule has 0 bridgehead atoms. The molecule has 0 aliphatic carbocycles. The van der Waals surface area contributed by atoms with Gasteiger partial charge in [-0.05, 0) is 23.7 Å². The quantitative estimate of drug-likeness (QED) is 0.565. The molecule has 0 saturated heterocycles. The molecule has 1 unspecified atom stereocenters. The molecule has 0 radical (unpaired) electrons. The molecule has 4 heteroatoms. The summed E-state index contributed by atoms with van der Waals surface area (Å²) in [5.41, 5.74) is 0. The molecule has 0 heterocycles. The Morgan fingerprint density at radius 1 is 1.12 bits per heavy atom. The van der Waals surface area contributed by atoms with Crippen LogP contribution >= 0.6 is 7.60 Å². The zero-order chi connectivity index (χ0) is 12.3. The van der Waals surface area contributed by atoms with E-state index in [0.29, 0.717) is 0 Å². The van der Waals surface area contributed by atoms with Gasteiger partial charge in [-0.25, -0.2) is 4.57 Å². The molecule has 0 amide bonds. The number of hydrogen-bond acceptors (Lipinski definition) is 2. The van der Waals surface area contributed by atoms with Crippen molar-refractivity contribution in [3.05, 3.63) is 12.4 Å². The zero-order valence-electron chi connectivity index (χ0n) is 8.07. The van der Waals surface area contributed by atoms with Crippen molar-refractivity contribution in [3.8, 4) is 59.9 Å². The monoisotopic (exact) mass is 228 g/mol. The molecular weight excluding hydrogens is 223 g/mol.